The zero-order valence-electron chi connectivity index (χ0n) is 11.9. The molecule has 5 nitrogen and oxygen atoms in total. The van der Waals surface area contributed by atoms with Gasteiger partial charge in [0.25, 0.3) is 0 Å². The molecule has 0 amide bonds. The zero-order chi connectivity index (χ0) is 14.4. The molecule has 1 aromatic heterocycles. The summed E-state index contributed by atoms with van der Waals surface area (Å²) in [4.78, 5) is 4.40. The molecule has 1 fully saturated rings. The van der Waals surface area contributed by atoms with Gasteiger partial charge < -0.3 is 5.32 Å². The predicted octanol–water partition coefficient (Wildman–Crippen LogP) is 2.37. The first-order chi connectivity index (χ1) is 9.62. The molecule has 0 saturated heterocycles. The molecule has 0 spiro atoms. The van der Waals surface area contributed by atoms with E-state index in [0.717, 1.165) is 19.4 Å². The summed E-state index contributed by atoms with van der Waals surface area (Å²) in [5.74, 6) is 1.31. The first-order valence-electron chi connectivity index (χ1n) is 7.31. The van der Waals surface area contributed by atoms with E-state index < -0.39 is 10.0 Å². The van der Waals surface area contributed by atoms with Gasteiger partial charge in [-0.2, -0.15) is 0 Å². The topological polar surface area (TPSA) is 71.1 Å². The second-order valence-corrected chi connectivity index (χ2v) is 7.05. The quantitative estimate of drug-likeness (QED) is 0.773. The highest BCUT2D eigenvalue weighted by molar-refractivity contribution is 7.89. The molecule has 1 saturated carbocycles. The van der Waals surface area contributed by atoms with Crippen LogP contribution in [0.3, 0.4) is 0 Å². The van der Waals surface area contributed by atoms with Crippen LogP contribution in [-0.4, -0.2) is 26.5 Å². The van der Waals surface area contributed by atoms with Crippen LogP contribution in [0, 0.1) is 5.92 Å². The number of sulfonamides is 1. The van der Waals surface area contributed by atoms with Gasteiger partial charge in [0.2, 0.25) is 10.0 Å². The lowest BCUT2D eigenvalue weighted by Crippen LogP contribution is -2.27. The Balaban J connectivity index is 1.93. The van der Waals surface area contributed by atoms with E-state index in [-0.39, 0.29) is 4.90 Å². The van der Waals surface area contributed by atoms with E-state index in [0.29, 0.717) is 18.3 Å². The predicted molar refractivity (Wildman–Crippen MR) is 80.2 cm³/mol. The highest BCUT2D eigenvalue weighted by atomic mass is 32.2. The highest BCUT2D eigenvalue weighted by Crippen LogP contribution is 2.28. The van der Waals surface area contributed by atoms with Gasteiger partial charge >= 0.3 is 0 Å². The van der Waals surface area contributed by atoms with Crippen LogP contribution in [0.5, 0.6) is 0 Å². The van der Waals surface area contributed by atoms with Crippen molar-refractivity contribution in [2.75, 3.05) is 18.4 Å². The lowest BCUT2D eigenvalue weighted by molar-refractivity contribution is 0.297. The number of rotatable bonds is 8. The smallest absolute Gasteiger partial charge is 0.240 e. The SMILES string of the molecule is CCCNc1cc(S(=O)(=O)NCCC2CCC2)ccn1. The van der Waals surface area contributed by atoms with Crippen molar-refractivity contribution in [3.8, 4) is 0 Å². The number of anilines is 1. The molecule has 1 heterocycles. The van der Waals surface area contributed by atoms with Crippen LogP contribution in [-0.2, 0) is 10.0 Å². The van der Waals surface area contributed by atoms with Crippen LogP contribution in [0.25, 0.3) is 0 Å². The Bertz CT molecular complexity index is 527. The van der Waals surface area contributed by atoms with Gasteiger partial charge in [0, 0.05) is 25.4 Å². The number of pyridine rings is 1. The Hall–Kier alpha value is -1.14. The molecule has 0 aliphatic heterocycles. The van der Waals surface area contributed by atoms with Crippen molar-refractivity contribution < 1.29 is 8.42 Å². The Kier molecular flexibility index (Phi) is 5.37. The van der Waals surface area contributed by atoms with Crippen molar-refractivity contribution in [2.24, 2.45) is 5.92 Å². The number of aromatic nitrogens is 1. The molecular formula is C14H23N3O2S. The minimum absolute atomic E-state index is 0.278. The summed E-state index contributed by atoms with van der Waals surface area (Å²) in [6.45, 7) is 3.36. The molecule has 0 unspecified atom stereocenters. The van der Waals surface area contributed by atoms with E-state index in [4.69, 9.17) is 0 Å². The standard InChI is InChI=1S/C14H23N3O2S/c1-2-8-15-14-11-13(7-9-16-14)20(18,19)17-10-6-12-4-3-5-12/h7,9,11-12,17H,2-6,8,10H2,1H3,(H,15,16). The number of hydrogen-bond donors (Lipinski definition) is 2. The number of nitrogens with zero attached hydrogens (tertiary/aromatic N) is 1. The summed E-state index contributed by atoms with van der Waals surface area (Å²) in [5, 5.41) is 3.10. The van der Waals surface area contributed by atoms with Crippen LogP contribution in [0.15, 0.2) is 23.2 Å². The third kappa shape index (κ3) is 4.18. The molecule has 1 aromatic rings. The van der Waals surface area contributed by atoms with Gasteiger partial charge in [-0.3, -0.25) is 0 Å². The minimum atomic E-state index is -3.42. The van der Waals surface area contributed by atoms with Crippen LogP contribution in [0.4, 0.5) is 5.82 Å². The largest absolute Gasteiger partial charge is 0.370 e. The zero-order valence-corrected chi connectivity index (χ0v) is 12.7. The summed E-state index contributed by atoms with van der Waals surface area (Å²) in [6, 6.07) is 3.12. The molecule has 1 aliphatic rings. The molecule has 20 heavy (non-hydrogen) atoms. The summed E-state index contributed by atoms with van der Waals surface area (Å²) < 4.78 is 27.0. The molecule has 2 N–H and O–H groups in total. The van der Waals surface area contributed by atoms with E-state index in [9.17, 15) is 8.42 Å². The van der Waals surface area contributed by atoms with Crippen LogP contribution in [0.2, 0.25) is 0 Å². The van der Waals surface area contributed by atoms with E-state index in [1.165, 1.54) is 31.5 Å². The van der Waals surface area contributed by atoms with E-state index in [2.05, 4.69) is 21.9 Å². The van der Waals surface area contributed by atoms with Crippen molar-refractivity contribution in [3.63, 3.8) is 0 Å². The summed E-state index contributed by atoms with van der Waals surface area (Å²) >= 11 is 0. The average molecular weight is 297 g/mol. The Labute approximate surface area is 121 Å². The van der Waals surface area contributed by atoms with Crippen LogP contribution < -0.4 is 10.0 Å². The fourth-order valence-electron chi connectivity index (χ4n) is 2.19. The van der Waals surface area contributed by atoms with Gasteiger partial charge in [-0.1, -0.05) is 26.2 Å². The molecule has 0 aromatic carbocycles. The molecule has 1 aliphatic carbocycles. The van der Waals surface area contributed by atoms with E-state index in [1.54, 1.807) is 6.07 Å². The molecule has 6 heteroatoms. The molecule has 112 valence electrons. The van der Waals surface area contributed by atoms with Crippen molar-refractivity contribution >= 4 is 15.8 Å². The summed E-state index contributed by atoms with van der Waals surface area (Å²) in [7, 11) is -3.42. The third-order valence-electron chi connectivity index (χ3n) is 3.67. The lowest BCUT2D eigenvalue weighted by atomic mass is 9.83. The molecule has 2 rings (SSSR count). The maximum Gasteiger partial charge on any atom is 0.240 e. The normalized spacial score (nSPS) is 15.8. The van der Waals surface area contributed by atoms with Gasteiger partial charge in [0.05, 0.1) is 4.90 Å². The van der Waals surface area contributed by atoms with Gasteiger partial charge in [0.1, 0.15) is 5.82 Å². The van der Waals surface area contributed by atoms with E-state index >= 15 is 0 Å². The first kappa shape index (κ1) is 15.3. The maximum atomic E-state index is 12.2. The summed E-state index contributed by atoms with van der Waals surface area (Å²) in [5.41, 5.74) is 0. The van der Waals surface area contributed by atoms with Crippen LogP contribution >= 0.6 is 0 Å². The molecule has 0 radical (unpaired) electrons. The Morgan fingerprint density at radius 3 is 2.80 bits per heavy atom. The van der Waals surface area contributed by atoms with Gasteiger partial charge in [0.15, 0.2) is 0 Å². The maximum absolute atomic E-state index is 12.2. The first-order valence-corrected chi connectivity index (χ1v) is 8.79. The van der Waals surface area contributed by atoms with E-state index in [1.807, 2.05) is 0 Å². The Morgan fingerprint density at radius 2 is 2.15 bits per heavy atom. The highest BCUT2D eigenvalue weighted by Gasteiger charge is 2.19. The van der Waals surface area contributed by atoms with Crippen molar-refractivity contribution in [1.29, 1.82) is 0 Å². The van der Waals surface area contributed by atoms with Gasteiger partial charge in [-0.15, -0.1) is 0 Å². The molecule has 0 bridgehead atoms. The minimum Gasteiger partial charge on any atom is -0.370 e. The number of nitrogens with one attached hydrogen (secondary N) is 2. The van der Waals surface area contributed by atoms with Crippen molar-refractivity contribution in [3.05, 3.63) is 18.3 Å². The summed E-state index contributed by atoms with van der Waals surface area (Å²) in [6.07, 6.45) is 7.19. The fraction of sp³-hybridized carbons (Fsp3) is 0.643. The fourth-order valence-corrected chi connectivity index (χ4v) is 3.25. The Morgan fingerprint density at radius 1 is 1.35 bits per heavy atom. The molecular weight excluding hydrogens is 274 g/mol. The lowest BCUT2D eigenvalue weighted by Gasteiger charge is -2.25. The second kappa shape index (κ2) is 7.04. The second-order valence-electron chi connectivity index (χ2n) is 5.29. The number of hydrogen-bond acceptors (Lipinski definition) is 4. The average Bonchev–Trinajstić information content (AvgIpc) is 2.39. The van der Waals surface area contributed by atoms with Gasteiger partial charge in [-0.25, -0.2) is 18.1 Å². The van der Waals surface area contributed by atoms with Crippen molar-refractivity contribution in [2.45, 2.75) is 43.9 Å². The van der Waals surface area contributed by atoms with Crippen molar-refractivity contribution in [1.82, 2.24) is 9.71 Å². The monoisotopic (exact) mass is 297 g/mol. The molecule has 0 atom stereocenters. The van der Waals surface area contributed by atoms with Gasteiger partial charge in [-0.05, 0) is 24.8 Å². The van der Waals surface area contributed by atoms with Crippen LogP contribution in [0.1, 0.15) is 39.0 Å². The third-order valence-corrected chi connectivity index (χ3v) is 5.13.